The van der Waals surface area contributed by atoms with E-state index in [9.17, 15) is 0 Å². The highest BCUT2D eigenvalue weighted by Gasteiger charge is 2.02. The predicted molar refractivity (Wildman–Crippen MR) is 71.3 cm³/mol. The van der Waals surface area contributed by atoms with Crippen LogP contribution in [0, 0.1) is 0 Å². The predicted octanol–water partition coefficient (Wildman–Crippen LogP) is 3.61. The van der Waals surface area contributed by atoms with Crippen LogP contribution in [0.5, 0.6) is 0 Å². The molecule has 84 valence electrons. The Kier molecular flexibility index (Phi) is 4.15. The second-order valence-corrected chi connectivity index (χ2v) is 5.12. The average Bonchev–Trinajstić information content (AvgIpc) is 2.76. The third-order valence-electron chi connectivity index (χ3n) is 2.00. The van der Waals surface area contributed by atoms with Gasteiger partial charge in [0.1, 0.15) is 5.82 Å². The van der Waals surface area contributed by atoms with Crippen molar-refractivity contribution in [1.82, 2.24) is 9.97 Å². The number of halogens is 2. The van der Waals surface area contributed by atoms with Crippen molar-refractivity contribution in [1.29, 1.82) is 0 Å². The van der Waals surface area contributed by atoms with Gasteiger partial charge in [-0.3, -0.25) is 0 Å². The first-order valence-corrected chi connectivity index (χ1v) is 6.80. The first-order valence-electron chi connectivity index (χ1n) is 4.68. The molecule has 0 radical (unpaired) electrons. The third-order valence-corrected chi connectivity index (χ3v) is 3.50. The molecule has 0 saturated carbocycles. The second-order valence-electron chi connectivity index (χ2n) is 3.14. The van der Waals surface area contributed by atoms with Gasteiger partial charge in [0.05, 0.1) is 4.47 Å². The number of thiophene rings is 1. The van der Waals surface area contributed by atoms with Crippen molar-refractivity contribution in [2.45, 2.75) is 6.42 Å². The molecule has 0 bridgehead atoms. The summed E-state index contributed by atoms with van der Waals surface area (Å²) in [5.41, 5.74) is 1.33. The van der Waals surface area contributed by atoms with E-state index in [0.29, 0.717) is 0 Å². The molecule has 0 aliphatic rings. The lowest BCUT2D eigenvalue weighted by atomic mass is 10.2. The Balaban J connectivity index is 1.92. The van der Waals surface area contributed by atoms with Crippen molar-refractivity contribution >= 4 is 44.7 Å². The highest BCUT2D eigenvalue weighted by atomic mass is 79.9. The van der Waals surface area contributed by atoms with Gasteiger partial charge in [0, 0.05) is 12.7 Å². The topological polar surface area (TPSA) is 37.8 Å². The average molecular weight is 319 g/mol. The lowest BCUT2D eigenvalue weighted by Gasteiger charge is -2.06. The van der Waals surface area contributed by atoms with E-state index in [2.05, 4.69) is 48.0 Å². The minimum atomic E-state index is 0.251. The smallest absolute Gasteiger partial charge is 0.224 e. The molecule has 2 aromatic rings. The van der Waals surface area contributed by atoms with Gasteiger partial charge in [-0.2, -0.15) is 16.3 Å². The van der Waals surface area contributed by atoms with Gasteiger partial charge in [0.15, 0.2) is 0 Å². The van der Waals surface area contributed by atoms with Gasteiger partial charge < -0.3 is 5.32 Å². The van der Waals surface area contributed by atoms with Crippen molar-refractivity contribution in [3.05, 3.63) is 38.3 Å². The summed E-state index contributed by atoms with van der Waals surface area (Å²) in [6, 6.07) is 2.12. The molecule has 1 N–H and O–H groups in total. The van der Waals surface area contributed by atoms with Crippen molar-refractivity contribution in [2.24, 2.45) is 0 Å². The van der Waals surface area contributed by atoms with Gasteiger partial charge in [-0.15, -0.1) is 0 Å². The van der Waals surface area contributed by atoms with E-state index in [0.717, 1.165) is 23.3 Å². The van der Waals surface area contributed by atoms with Gasteiger partial charge >= 0.3 is 0 Å². The quantitative estimate of drug-likeness (QED) is 0.875. The van der Waals surface area contributed by atoms with Crippen LogP contribution >= 0.6 is 38.9 Å². The number of nitrogens with one attached hydrogen (secondary N) is 1. The normalized spacial score (nSPS) is 10.4. The van der Waals surface area contributed by atoms with Crippen LogP contribution in [0.15, 0.2) is 27.5 Å². The minimum Gasteiger partial charge on any atom is -0.369 e. The van der Waals surface area contributed by atoms with Gasteiger partial charge in [-0.05, 0) is 56.3 Å². The minimum absolute atomic E-state index is 0.251. The van der Waals surface area contributed by atoms with Crippen LogP contribution in [0.25, 0.3) is 0 Å². The fourth-order valence-electron chi connectivity index (χ4n) is 1.23. The van der Waals surface area contributed by atoms with Crippen molar-refractivity contribution < 1.29 is 0 Å². The van der Waals surface area contributed by atoms with E-state index in [4.69, 9.17) is 11.6 Å². The van der Waals surface area contributed by atoms with Gasteiger partial charge in [-0.1, -0.05) is 0 Å². The van der Waals surface area contributed by atoms with Crippen LogP contribution in [0.1, 0.15) is 5.56 Å². The van der Waals surface area contributed by atoms with Crippen LogP contribution in [-0.4, -0.2) is 16.5 Å². The van der Waals surface area contributed by atoms with Crippen LogP contribution < -0.4 is 5.32 Å². The second kappa shape index (κ2) is 5.61. The standard InChI is InChI=1S/C10H9BrClN3S/c11-8-5-14-10(12)15-9(8)13-3-1-7-2-4-16-6-7/h2,4-6H,1,3H2,(H,13,14,15). The van der Waals surface area contributed by atoms with Gasteiger partial charge in [-0.25, -0.2) is 4.98 Å². The zero-order chi connectivity index (χ0) is 11.4. The Bertz CT molecular complexity index is 461. The summed E-state index contributed by atoms with van der Waals surface area (Å²) in [7, 11) is 0. The molecule has 0 saturated heterocycles. The van der Waals surface area contributed by atoms with Crippen LogP contribution in [0.3, 0.4) is 0 Å². The maximum atomic E-state index is 5.71. The maximum Gasteiger partial charge on any atom is 0.224 e. The first-order chi connectivity index (χ1) is 7.75. The zero-order valence-corrected chi connectivity index (χ0v) is 11.4. The Labute approximate surface area is 111 Å². The first kappa shape index (κ1) is 11.8. The van der Waals surface area contributed by atoms with Crippen molar-refractivity contribution in [3.8, 4) is 0 Å². The fraction of sp³-hybridized carbons (Fsp3) is 0.200. The summed E-state index contributed by atoms with van der Waals surface area (Å²) in [6.07, 6.45) is 2.61. The molecule has 2 aromatic heterocycles. The number of nitrogens with zero attached hydrogens (tertiary/aromatic N) is 2. The lowest BCUT2D eigenvalue weighted by molar-refractivity contribution is 1.00. The molecule has 0 fully saturated rings. The van der Waals surface area contributed by atoms with Crippen molar-refractivity contribution in [3.63, 3.8) is 0 Å². The lowest BCUT2D eigenvalue weighted by Crippen LogP contribution is -2.06. The summed E-state index contributed by atoms with van der Waals surface area (Å²) in [5.74, 6) is 0.732. The molecular weight excluding hydrogens is 310 g/mol. The molecule has 2 heterocycles. The summed E-state index contributed by atoms with van der Waals surface area (Å²) in [6.45, 7) is 0.822. The molecule has 0 spiro atoms. The molecule has 6 heteroatoms. The maximum absolute atomic E-state index is 5.71. The highest BCUT2D eigenvalue weighted by molar-refractivity contribution is 9.10. The van der Waals surface area contributed by atoms with Crippen molar-refractivity contribution in [2.75, 3.05) is 11.9 Å². The van der Waals surface area contributed by atoms with E-state index in [1.54, 1.807) is 17.5 Å². The summed E-state index contributed by atoms with van der Waals surface area (Å²) < 4.78 is 0.821. The van der Waals surface area contributed by atoms with Crippen LogP contribution in [0.4, 0.5) is 5.82 Å². The van der Waals surface area contributed by atoms with Crippen LogP contribution in [0.2, 0.25) is 5.28 Å². The molecular formula is C10H9BrClN3S. The molecule has 0 aromatic carbocycles. The molecule has 0 aliphatic heterocycles. The van der Waals surface area contributed by atoms with E-state index < -0.39 is 0 Å². The molecule has 0 amide bonds. The monoisotopic (exact) mass is 317 g/mol. The fourth-order valence-corrected chi connectivity index (χ4v) is 2.40. The largest absolute Gasteiger partial charge is 0.369 e. The van der Waals surface area contributed by atoms with E-state index >= 15 is 0 Å². The number of aromatic nitrogens is 2. The molecule has 0 unspecified atom stereocenters. The summed E-state index contributed by atoms with van der Waals surface area (Å²) in [5, 5.41) is 7.68. The zero-order valence-electron chi connectivity index (χ0n) is 8.28. The van der Waals surface area contributed by atoms with Crippen LogP contribution in [-0.2, 0) is 6.42 Å². The van der Waals surface area contributed by atoms with Gasteiger partial charge in [0.2, 0.25) is 5.28 Å². The number of rotatable bonds is 4. The van der Waals surface area contributed by atoms with E-state index in [1.165, 1.54) is 5.56 Å². The highest BCUT2D eigenvalue weighted by Crippen LogP contribution is 2.20. The third kappa shape index (κ3) is 3.17. The molecule has 2 rings (SSSR count). The Morgan fingerprint density at radius 2 is 2.38 bits per heavy atom. The Morgan fingerprint density at radius 1 is 1.50 bits per heavy atom. The SMILES string of the molecule is Clc1ncc(Br)c(NCCc2ccsc2)n1. The number of anilines is 1. The number of hydrogen-bond donors (Lipinski definition) is 1. The Hall–Kier alpha value is -0.650. The molecule has 16 heavy (non-hydrogen) atoms. The van der Waals surface area contributed by atoms with E-state index in [-0.39, 0.29) is 5.28 Å². The Morgan fingerprint density at radius 3 is 3.12 bits per heavy atom. The summed E-state index contributed by atoms with van der Waals surface area (Å²) >= 11 is 10.8. The van der Waals surface area contributed by atoms with Gasteiger partial charge in [0.25, 0.3) is 0 Å². The van der Waals surface area contributed by atoms with E-state index in [1.807, 2.05) is 0 Å². The summed E-state index contributed by atoms with van der Waals surface area (Å²) in [4.78, 5) is 7.96. The number of hydrogen-bond acceptors (Lipinski definition) is 4. The molecule has 3 nitrogen and oxygen atoms in total. The molecule has 0 aliphatic carbocycles. The molecule has 0 atom stereocenters.